The molecule has 0 aliphatic heterocycles. The topological polar surface area (TPSA) is 77.1 Å². The van der Waals surface area contributed by atoms with Crippen molar-refractivity contribution in [2.45, 2.75) is 103 Å². The monoisotopic (exact) mass is 517 g/mol. The lowest BCUT2D eigenvalue weighted by Crippen LogP contribution is -2.27. The van der Waals surface area contributed by atoms with Crippen molar-refractivity contribution in [1.82, 2.24) is 14.3 Å². The number of hydrogen-bond acceptors (Lipinski definition) is 3. The van der Waals surface area contributed by atoms with Crippen molar-refractivity contribution in [3.05, 3.63) is 76.0 Å². The van der Waals surface area contributed by atoms with Gasteiger partial charge < -0.3 is 5.11 Å². The molecule has 0 saturated heterocycles. The van der Waals surface area contributed by atoms with E-state index < -0.39 is 5.97 Å². The van der Waals surface area contributed by atoms with E-state index in [1.54, 1.807) is 16.8 Å². The molecule has 0 bridgehead atoms. The summed E-state index contributed by atoms with van der Waals surface area (Å²) in [5.41, 5.74) is 2.84. The lowest BCUT2D eigenvalue weighted by Gasteiger charge is -2.20. The highest BCUT2D eigenvalue weighted by Crippen LogP contribution is 2.27. The van der Waals surface area contributed by atoms with E-state index in [9.17, 15) is 14.7 Å². The summed E-state index contributed by atoms with van der Waals surface area (Å²) in [7, 11) is 0. The Balaban J connectivity index is 1.49. The largest absolute Gasteiger partial charge is 0.478 e. The smallest absolute Gasteiger partial charge is 0.346 e. The first-order chi connectivity index (χ1) is 18.6. The molecule has 1 heterocycles. The summed E-state index contributed by atoms with van der Waals surface area (Å²) in [6, 6.07) is 14.9. The van der Waals surface area contributed by atoms with Crippen LogP contribution in [0, 0.1) is 5.92 Å². The Morgan fingerprint density at radius 1 is 0.947 bits per heavy atom. The van der Waals surface area contributed by atoms with Crippen LogP contribution < -0.4 is 5.69 Å². The first-order valence-electron chi connectivity index (χ1n) is 14.6. The first kappa shape index (κ1) is 27.9. The molecule has 3 aromatic rings. The Bertz CT molecular complexity index is 1220. The van der Waals surface area contributed by atoms with Gasteiger partial charge in [-0.15, -0.1) is 0 Å². The van der Waals surface area contributed by atoms with Crippen molar-refractivity contribution >= 4 is 5.97 Å². The second-order valence-electron chi connectivity index (χ2n) is 10.9. The number of aromatic nitrogens is 3. The summed E-state index contributed by atoms with van der Waals surface area (Å²) < 4.78 is 3.56. The molecule has 1 aromatic heterocycles. The molecule has 0 amide bonds. The maximum atomic E-state index is 13.4. The number of aromatic carboxylic acids is 1. The molecule has 1 aliphatic carbocycles. The fraction of sp³-hybridized carbons (Fsp3) is 0.531. The van der Waals surface area contributed by atoms with Crippen LogP contribution in [0.25, 0.3) is 11.1 Å². The first-order valence-corrected chi connectivity index (χ1v) is 14.6. The third kappa shape index (κ3) is 7.46. The highest BCUT2D eigenvalue weighted by molar-refractivity contribution is 5.95. The van der Waals surface area contributed by atoms with Gasteiger partial charge in [-0.3, -0.25) is 4.57 Å². The Labute approximate surface area is 226 Å². The molecule has 1 N–H and O–H groups in total. The van der Waals surface area contributed by atoms with Gasteiger partial charge in [0.15, 0.2) is 0 Å². The predicted octanol–water partition coefficient (Wildman–Crippen LogP) is 7.33. The zero-order chi connectivity index (χ0) is 26.7. The van der Waals surface area contributed by atoms with Crippen LogP contribution in [0.4, 0.5) is 0 Å². The van der Waals surface area contributed by atoms with E-state index in [4.69, 9.17) is 5.10 Å². The molecular weight excluding hydrogens is 474 g/mol. The second kappa shape index (κ2) is 14.1. The van der Waals surface area contributed by atoms with Gasteiger partial charge in [-0.05, 0) is 41.5 Å². The van der Waals surface area contributed by atoms with E-state index in [1.165, 1.54) is 64.2 Å². The minimum atomic E-state index is -0.934. The molecule has 0 radical (unpaired) electrons. The number of hydrogen-bond donors (Lipinski definition) is 1. The molecule has 4 rings (SSSR count). The molecule has 6 heteroatoms. The van der Waals surface area contributed by atoms with Gasteiger partial charge in [0.05, 0.1) is 12.1 Å². The molecule has 0 atom stereocenters. The minimum Gasteiger partial charge on any atom is -0.478 e. The summed E-state index contributed by atoms with van der Waals surface area (Å²) in [6.07, 6.45) is 15.6. The van der Waals surface area contributed by atoms with Crippen molar-refractivity contribution < 1.29 is 9.90 Å². The maximum Gasteiger partial charge on any atom is 0.346 e. The van der Waals surface area contributed by atoms with Gasteiger partial charge in [0, 0.05) is 13.0 Å². The summed E-state index contributed by atoms with van der Waals surface area (Å²) in [6.45, 7) is 3.41. The van der Waals surface area contributed by atoms with Crippen LogP contribution in [0.15, 0.2) is 53.3 Å². The Morgan fingerprint density at radius 3 is 2.39 bits per heavy atom. The number of benzene rings is 2. The molecule has 1 aliphatic rings. The average molecular weight is 518 g/mol. The number of nitrogens with zero attached hydrogens (tertiary/aromatic N) is 3. The average Bonchev–Trinajstić information content (AvgIpc) is 3.24. The lowest BCUT2D eigenvalue weighted by molar-refractivity contribution is 0.0697. The SMILES string of the molecule is CCCCCCCCc1nn(CCC2CCCCC2)c(=O)n1Cc1ccc(-c2ccccc2C(=O)O)cc1. The normalized spacial score (nSPS) is 14.1. The summed E-state index contributed by atoms with van der Waals surface area (Å²) in [5.74, 6) is 0.662. The lowest BCUT2D eigenvalue weighted by atomic mass is 9.87. The van der Waals surface area contributed by atoms with Crippen LogP contribution in [-0.4, -0.2) is 25.4 Å². The third-order valence-electron chi connectivity index (χ3n) is 7.99. The zero-order valence-electron chi connectivity index (χ0n) is 22.9. The van der Waals surface area contributed by atoms with Crippen LogP contribution in [-0.2, 0) is 19.5 Å². The van der Waals surface area contributed by atoms with Crippen LogP contribution in [0.3, 0.4) is 0 Å². The highest BCUT2D eigenvalue weighted by Gasteiger charge is 2.18. The molecular formula is C32H43N3O3. The van der Waals surface area contributed by atoms with Crippen LogP contribution >= 0.6 is 0 Å². The van der Waals surface area contributed by atoms with Gasteiger partial charge >= 0.3 is 11.7 Å². The summed E-state index contributed by atoms with van der Waals surface area (Å²) in [4.78, 5) is 25.1. The molecule has 1 saturated carbocycles. The molecule has 6 nitrogen and oxygen atoms in total. The van der Waals surface area contributed by atoms with Crippen molar-refractivity contribution in [2.75, 3.05) is 0 Å². The van der Waals surface area contributed by atoms with E-state index in [0.29, 0.717) is 24.6 Å². The number of carboxylic acid groups (broad SMARTS) is 1. The van der Waals surface area contributed by atoms with Crippen molar-refractivity contribution in [3.63, 3.8) is 0 Å². The molecule has 204 valence electrons. The van der Waals surface area contributed by atoms with Gasteiger partial charge in [0.2, 0.25) is 0 Å². The van der Waals surface area contributed by atoms with E-state index in [-0.39, 0.29) is 11.3 Å². The van der Waals surface area contributed by atoms with E-state index in [0.717, 1.165) is 36.2 Å². The fourth-order valence-corrected chi connectivity index (χ4v) is 5.71. The van der Waals surface area contributed by atoms with E-state index in [1.807, 2.05) is 41.0 Å². The van der Waals surface area contributed by atoms with Gasteiger partial charge in [-0.2, -0.15) is 5.10 Å². The Kier molecular flexibility index (Phi) is 10.4. The van der Waals surface area contributed by atoms with E-state index in [2.05, 4.69) is 6.92 Å². The molecule has 0 unspecified atom stereocenters. The van der Waals surface area contributed by atoms with Gasteiger partial charge in [0.1, 0.15) is 5.82 Å². The summed E-state index contributed by atoms with van der Waals surface area (Å²) in [5, 5.41) is 14.4. The number of unbranched alkanes of at least 4 members (excludes halogenated alkanes) is 5. The molecule has 0 spiro atoms. The van der Waals surface area contributed by atoms with Crippen LogP contribution in [0.2, 0.25) is 0 Å². The number of aryl methyl sites for hydroxylation is 2. The van der Waals surface area contributed by atoms with Crippen molar-refractivity contribution in [2.24, 2.45) is 5.92 Å². The molecule has 38 heavy (non-hydrogen) atoms. The highest BCUT2D eigenvalue weighted by atomic mass is 16.4. The maximum absolute atomic E-state index is 13.4. The second-order valence-corrected chi connectivity index (χ2v) is 10.9. The number of carboxylic acids is 1. The van der Waals surface area contributed by atoms with Gasteiger partial charge in [-0.1, -0.05) is 114 Å². The summed E-state index contributed by atoms with van der Waals surface area (Å²) >= 11 is 0. The van der Waals surface area contributed by atoms with E-state index >= 15 is 0 Å². The van der Waals surface area contributed by atoms with Crippen LogP contribution in [0.5, 0.6) is 0 Å². The predicted molar refractivity (Wildman–Crippen MR) is 153 cm³/mol. The van der Waals surface area contributed by atoms with Crippen molar-refractivity contribution in [1.29, 1.82) is 0 Å². The quantitative estimate of drug-likeness (QED) is 0.227. The molecule has 1 fully saturated rings. The molecule has 2 aromatic carbocycles. The number of carbonyl (C=O) groups is 1. The third-order valence-corrected chi connectivity index (χ3v) is 7.99. The standard InChI is InChI=1S/C32H43N3O3/c1-2-3-4-5-6-10-17-30-33-35(23-22-25-13-8-7-9-14-25)32(38)34(30)24-26-18-20-27(21-19-26)28-15-11-12-16-29(28)31(36)37/h11-12,15-16,18-21,25H,2-10,13-14,17,22-24H2,1H3,(H,36,37). The van der Waals surface area contributed by atoms with Crippen molar-refractivity contribution in [3.8, 4) is 11.1 Å². The van der Waals surface area contributed by atoms with Crippen LogP contribution in [0.1, 0.15) is 106 Å². The Hall–Kier alpha value is -3.15. The van der Waals surface area contributed by atoms with Gasteiger partial charge in [0.25, 0.3) is 0 Å². The fourth-order valence-electron chi connectivity index (χ4n) is 5.71. The Morgan fingerprint density at radius 2 is 1.66 bits per heavy atom. The number of rotatable bonds is 14. The van der Waals surface area contributed by atoms with Gasteiger partial charge in [-0.25, -0.2) is 14.3 Å². The minimum absolute atomic E-state index is 0.0120. The zero-order valence-corrected chi connectivity index (χ0v) is 22.9.